The molecule has 0 aromatic heterocycles. The largest absolute Gasteiger partial charge is 0.508 e. The van der Waals surface area contributed by atoms with Gasteiger partial charge < -0.3 is 9.84 Å². The van der Waals surface area contributed by atoms with E-state index in [2.05, 4.69) is 17.8 Å². The molecule has 0 bridgehead atoms. The molecule has 0 aliphatic carbocycles. The third kappa shape index (κ3) is 3.67. The van der Waals surface area contributed by atoms with Crippen LogP contribution < -0.4 is 0 Å². The van der Waals surface area contributed by atoms with Gasteiger partial charge in [0.15, 0.2) is 0 Å². The molecule has 0 atom stereocenters. The van der Waals surface area contributed by atoms with Gasteiger partial charge >= 0.3 is 0 Å². The van der Waals surface area contributed by atoms with E-state index in [4.69, 9.17) is 16.3 Å². The van der Waals surface area contributed by atoms with E-state index in [1.807, 2.05) is 6.07 Å². The lowest BCUT2D eigenvalue weighted by atomic mass is 10.2. The Morgan fingerprint density at radius 2 is 2.21 bits per heavy atom. The predicted octanol–water partition coefficient (Wildman–Crippen LogP) is 1.39. The highest BCUT2D eigenvalue weighted by Crippen LogP contribution is 2.09. The molecule has 1 rings (SSSR count). The second-order valence-electron chi connectivity index (χ2n) is 2.55. The second kappa shape index (κ2) is 5.70. The Labute approximate surface area is 83.5 Å². The number of benzene rings is 1. The number of aromatic hydroxyl groups is 1. The molecule has 70 valence electrons. The molecule has 0 saturated carbocycles. The van der Waals surface area contributed by atoms with Gasteiger partial charge in [0, 0.05) is 5.56 Å². The normalized spacial score (nSPS) is 8.50. The Hall–Kier alpha value is -1.90. The molecule has 1 N–H and O–H groups in total. The Kier molecular flexibility index (Phi) is 4.14. The van der Waals surface area contributed by atoms with Gasteiger partial charge in [-0.25, -0.2) is 0 Å². The molecule has 2 heteroatoms. The number of hydrogen-bond acceptors (Lipinski definition) is 2. The lowest BCUT2D eigenvalue weighted by molar-refractivity contribution is 0.205. The highest BCUT2D eigenvalue weighted by Gasteiger charge is 1.87. The Bertz CT molecular complexity index is 391. The van der Waals surface area contributed by atoms with E-state index in [0.29, 0.717) is 6.61 Å². The first-order chi connectivity index (χ1) is 6.83. The van der Waals surface area contributed by atoms with E-state index in [9.17, 15) is 0 Å². The zero-order chi connectivity index (χ0) is 10.2. The zero-order valence-electron chi connectivity index (χ0n) is 7.66. The van der Waals surface area contributed by atoms with Crippen molar-refractivity contribution < 1.29 is 9.84 Å². The summed E-state index contributed by atoms with van der Waals surface area (Å²) < 4.78 is 4.96. The van der Waals surface area contributed by atoms with Crippen LogP contribution in [-0.2, 0) is 4.74 Å². The highest BCUT2D eigenvalue weighted by molar-refractivity contribution is 5.39. The van der Waals surface area contributed by atoms with Crippen molar-refractivity contribution in [3.05, 3.63) is 29.8 Å². The van der Waals surface area contributed by atoms with Gasteiger partial charge in [-0.2, -0.15) is 0 Å². The standard InChI is InChI=1S/C12H10O2/c1-2-8-14-9-4-6-11-5-3-7-12(13)10-11/h1,3,5,7,10,13H,8-9H2. The van der Waals surface area contributed by atoms with Crippen LogP contribution in [0.2, 0.25) is 0 Å². The average molecular weight is 186 g/mol. The van der Waals surface area contributed by atoms with E-state index >= 15 is 0 Å². The van der Waals surface area contributed by atoms with Gasteiger partial charge in [-0.05, 0) is 18.2 Å². The molecule has 1 aromatic carbocycles. The summed E-state index contributed by atoms with van der Waals surface area (Å²) in [6.07, 6.45) is 4.99. The smallest absolute Gasteiger partial charge is 0.116 e. The van der Waals surface area contributed by atoms with Crippen LogP contribution in [0, 0.1) is 24.2 Å². The van der Waals surface area contributed by atoms with Crippen LogP contribution in [0.3, 0.4) is 0 Å². The van der Waals surface area contributed by atoms with Crippen molar-refractivity contribution in [1.82, 2.24) is 0 Å². The van der Waals surface area contributed by atoms with Gasteiger partial charge in [-0.1, -0.05) is 23.8 Å². The van der Waals surface area contributed by atoms with Crippen molar-refractivity contribution in [3.63, 3.8) is 0 Å². The first kappa shape index (κ1) is 10.2. The molecule has 0 heterocycles. The van der Waals surface area contributed by atoms with Gasteiger partial charge in [-0.3, -0.25) is 0 Å². The van der Waals surface area contributed by atoms with Gasteiger partial charge in [0.05, 0.1) is 0 Å². The van der Waals surface area contributed by atoms with E-state index in [1.165, 1.54) is 0 Å². The zero-order valence-corrected chi connectivity index (χ0v) is 7.66. The third-order valence-corrected chi connectivity index (χ3v) is 1.44. The fraction of sp³-hybridized carbons (Fsp3) is 0.167. The average Bonchev–Trinajstić information content (AvgIpc) is 2.18. The molecule has 14 heavy (non-hydrogen) atoms. The van der Waals surface area contributed by atoms with Crippen molar-refractivity contribution in [2.75, 3.05) is 13.2 Å². The minimum atomic E-state index is 0.210. The van der Waals surface area contributed by atoms with Crippen LogP contribution in [0.15, 0.2) is 24.3 Å². The maximum atomic E-state index is 9.13. The van der Waals surface area contributed by atoms with E-state index in [0.717, 1.165) is 5.56 Å². The van der Waals surface area contributed by atoms with Crippen molar-refractivity contribution in [2.24, 2.45) is 0 Å². The minimum absolute atomic E-state index is 0.210. The maximum absolute atomic E-state index is 9.13. The van der Waals surface area contributed by atoms with Crippen LogP contribution in [0.25, 0.3) is 0 Å². The Morgan fingerprint density at radius 3 is 2.93 bits per heavy atom. The second-order valence-corrected chi connectivity index (χ2v) is 2.55. The van der Waals surface area contributed by atoms with E-state index in [-0.39, 0.29) is 12.4 Å². The van der Waals surface area contributed by atoms with Crippen LogP contribution in [0.4, 0.5) is 0 Å². The van der Waals surface area contributed by atoms with E-state index < -0.39 is 0 Å². The molecular formula is C12H10O2. The molecule has 0 amide bonds. The predicted molar refractivity (Wildman–Crippen MR) is 54.6 cm³/mol. The fourth-order valence-corrected chi connectivity index (χ4v) is 0.883. The fourth-order valence-electron chi connectivity index (χ4n) is 0.883. The SMILES string of the molecule is C#CCOCC#Cc1cccc(O)c1. The van der Waals surface area contributed by atoms with Gasteiger partial charge in [-0.15, -0.1) is 6.42 Å². The summed E-state index contributed by atoms with van der Waals surface area (Å²) in [5, 5.41) is 9.13. The molecule has 0 unspecified atom stereocenters. The Morgan fingerprint density at radius 1 is 1.36 bits per heavy atom. The summed E-state index contributed by atoms with van der Waals surface area (Å²) in [6.45, 7) is 0.578. The highest BCUT2D eigenvalue weighted by atomic mass is 16.5. The number of phenols is 1. The molecule has 0 aliphatic rings. The summed E-state index contributed by atoms with van der Waals surface area (Å²) in [4.78, 5) is 0. The lowest BCUT2D eigenvalue weighted by Gasteiger charge is -1.92. The summed E-state index contributed by atoms with van der Waals surface area (Å²) >= 11 is 0. The van der Waals surface area contributed by atoms with Crippen LogP contribution in [0.5, 0.6) is 5.75 Å². The summed E-state index contributed by atoms with van der Waals surface area (Å²) in [6, 6.07) is 6.74. The number of ether oxygens (including phenoxy) is 1. The molecule has 0 spiro atoms. The first-order valence-electron chi connectivity index (χ1n) is 4.12. The van der Waals surface area contributed by atoms with Crippen molar-refractivity contribution >= 4 is 0 Å². The molecule has 0 saturated heterocycles. The molecule has 0 aliphatic heterocycles. The topological polar surface area (TPSA) is 29.5 Å². The lowest BCUT2D eigenvalue weighted by Crippen LogP contribution is -1.90. The van der Waals surface area contributed by atoms with Crippen molar-refractivity contribution in [2.45, 2.75) is 0 Å². The molecular weight excluding hydrogens is 176 g/mol. The third-order valence-electron chi connectivity index (χ3n) is 1.44. The number of rotatable bonds is 2. The summed E-state index contributed by atoms with van der Waals surface area (Å²) in [7, 11) is 0. The number of hydrogen-bond donors (Lipinski definition) is 1. The first-order valence-corrected chi connectivity index (χ1v) is 4.12. The molecule has 2 nitrogen and oxygen atoms in total. The minimum Gasteiger partial charge on any atom is -0.508 e. The number of terminal acetylenes is 1. The molecule has 1 aromatic rings. The molecule has 0 radical (unpaired) electrons. The summed E-state index contributed by atoms with van der Waals surface area (Å²) in [5.74, 6) is 8.18. The van der Waals surface area contributed by atoms with Crippen LogP contribution >= 0.6 is 0 Å². The quantitative estimate of drug-likeness (QED) is 0.558. The van der Waals surface area contributed by atoms with Gasteiger partial charge in [0.2, 0.25) is 0 Å². The van der Waals surface area contributed by atoms with Crippen LogP contribution in [0.1, 0.15) is 5.56 Å². The van der Waals surface area contributed by atoms with Crippen molar-refractivity contribution in [1.29, 1.82) is 0 Å². The van der Waals surface area contributed by atoms with Gasteiger partial charge in [0.25, 0.3) is 0 Å². The van der Waals surface area contributed by atoms with Crippen molar-refractivity contribution in [3.8, 4) is 29.9 Å². The monoisotopic (exact) mass is 186 g/mol. The molecule has 0 fully saturated rings. The Balaban J connectivity index is 2.48. The summed E-state index contributed by atoms with van der Waals surface area (Å²) in [5.41, 5.74) is 0.759. The number of phenolic OH excluding ortho intramolecular Hbond substituents is 1. The van der Waals surface area contributed by atoms with E-state index in [1.54, 1.807) is 18.2 Å². The maximum Gasteiger partial charge on any atom is 0.116 e. The van der Waals surface area contributed by atoms with Crippen LogP contribution in [-0.4, -0.2) is 18.3 Å². The van der Waals surface area contributed by atoms with Gasteiger partial charge in [0.1, 0.15) is 19.0 Å².